The number of non-ortho nitro benzene ring substituents is 1. The molecule has 0 spiro atoms. The van der Waals surface area contributed by atoms with Crippen LogP contribution in [0.15, 0.2) is 108 Å². The lowest BCUT2D eigenvalue weighted by Crippen LogP contribution is -2.36. The molecule has 0 bridgehead atoms. The van der Waals surface area contributed by atoms with E-state index in [9.17, 15) is 10.1 Å². The van der Waals surface area contributed by atoms with Crippen LogP contribution in [0.4, 0.5) is 5.69 Å². The number of nitrogens with zero attached hydrogens (tertiary/aromatic N) is 5. The summed E-state index contributed by atoms with van der Waals surface area (Å²) in [5.74, 6) is 8.13. The summed E-state index contributed by atoms with van der Waals surface area (Å²) in [6.07, 6.45) is 11.7. The molecule has 55 heavy (non-hydrogen) atoms. The standard InChI is InChI=1S/C22H23N3OS.C20H22N4O4/c1-2-4-18(5-3-1)6-7-21-8-9-22(27-21)15-25-12-10-20(11-13-25)26-16-19-14-23-17-24-19;25-24(26)17-3-1-15(2-4-17)20-6-5-19(28-20)12-23-9-7-18(8-10-23)27-13-16-11-21-14-22-16/h1-5,8-9,14,17,20H,10-13,15-16H2,(H,23,24);1-6,11,14,18H,7-10,12-13H2,(H,21,22). The first-order valence-electron chi connectivity index (χ1n) is 18.6. The van der Waals surface area contributed by atoms with Crippen LogP contribution in [-0.2, 0) is 35.8 Å². The van der Waals surface area contributed by atoms with Crippen LogP contribution >= 0.6 is 11.3 Å². The highest BCUT2D eigenvalue weighted by Gasteiger charge is 2.22. The molecule has 0 atom stereocenters. The number of H-pyrrole nitrogens is 2. The molecule has 2 saturated heterocycles. The number of rotatable bonds is 12. The summed E-state index contributed by atoms with van der Waals surface area (Å²) in [4.78, 5) is 31.9. The van der Waals surface area contributed by atoms with Crippen molar-refractivity contribution in [3.8, 4) is 23.2 Å². The van der Waals surface area contributed by atoms with Crippen molar-refractivity contribution in [2.75, 3.05) is 26.2 Å². The molecular weight excluding hydrogens is 715 g/mol. The molecule has 284 valence electrons. The van der Waals surface area contributed by atoms with E-state index >= 15 is 0 Å². The van der Waals surface area contributed by atoms with Gasteiger partial charge in [0, 0.05) is 60.9 Å². The average molecular weight is 760 g/mol. The minimum Gasteiger partial charge on any atom is -0.460 e. The van der Waals surface area contributed by atoms with Gasteiger partial charge in [-0.25, -0.2) is 9.97 Å². The summed E-state index contributed by atoms with van der Waals surface area (Å²) in [5.41, 5.74) is 4.01. The number of hydrogen-bond donors (Lipinski definition) is 2. The van der Waals surface area contributed by atoms with Gasteiger partial charge in [-0.1, -0.05) is 30.0 Å². The number of piperidine rings is 2. The zero-order valence-electron chi connectivity index (χ0n) is 30.6. The lowest BCUT2D eigenvalue weighted by Gasteiger charge is -2.31. The Labute approximate surface area is 324 Å². The van der Waals surface area contributed by atoms with E-state index in [2.05, 4.69) is 53.7 Å². The van der Waals surface area contributed by atoms with E-state index in [-0.39, 0.29) is 11.8 Å². The lowest BCUT2D eigenvalue weighted by molar-refractivity contribution is -0.384. The Kier molecular flexibility index (Phi) is 13.3. The van der Waals surface area contributed by atoms with Gasteiger partial charge in [0.25, 0.3) is 5.69 Å². The number of nitrogens with one attached hydrogen (secondary N) is 2. The molecule has 0 amide bonds. The van der Waals surface area contributed by atoms with Crippen LogP contribution in [0, 0.1) is 22.0 Å². The van der Waals surface area contributed by atoms with E-state index < -0.39 is 4.92 Å². The van der Waals surface area contributed by atoms with Gasteiger partial charge in [0.15, 0.2) is 0 Å². The van der Waals surface area contributed by atoms with Gasteiger partial charge in [-0.15, -0.1) is 11.3 Å². The topological polar surface area (TPSA) is 139 Å². The molecule has 6 aromatic rings. The second-order valence-corrected chi connectivity index (χ2v) is 14.8. The van der Waals surface area contributed by atoms with Crippen LogP contribution < -0.4 is 0 Å². The van der Waals surface area contributed by atoms with Gasteiger partial charge in [-0.3, -0.25) is 19.9 Å². The van der Waals surface area contributed by atoms with Gasteiger partial charge in [-0.2, -0.15) is 0 Å². The van der Waals surface area contributed by atoms with E-state index in [4.69, 9.17) is 13.9 Å². The van der Waals surface area contributed by atoms with Gasteiger partial charge in [0.1, 0.15) is 11.5 Å². The Morgan fingerprint density at radius 1 is 0.764 bits per heavy atom. The molecule has 13 heteroatoms. The Morgan fingerprint density at radius 3 is 1.96 bits per heavy atom. The molecule has 0 saturated carbocycles. The van der Waals surface area contributed by atoms with Crippen LogP contribution in [0.5, 0.6) is 0 Å². The maximum Gasteiger partial charge on any atom is 0.269 e. The number of imidazole rings is 2. The summed E-state index contributed by atoms with van der Waals surface area (Å²) in [5, 5.41) is 10.8. The third-order valence-electron chi connectivity index (χ3n) is 9.68. The zero-order valence-corrected chi connectivity index (χ0v) is 31.5. The maximum absolute atomic E-state index is 10.8. The van der Waals surface area contributed by atoms with Gasteiger partial charge in [-0.05, 0) is 74.2 Å². The number of benzene rings is 2. The summed E-state index contributed by atoms with van der Waals surface area (Å²) in [6, 6.07) is 24.8. The third-order valence-corrected chi connectivity index (χ3v) is 10.7. The molecule has 0 radical (unpaired) electrons. The summed E-state index contributed by atoms with van der Waals surface area (Å²) >= 11 is 1.80. The van der Waals surface area contributed by atoms with Crippen LogP contribution in [0.3, 0.4) is 0 Å². The number of hydrogen-bond acceptors (Lipinski definition) is 10. The van der Waals surface area contributed by atoms with Crippen molar-refractivity contribution in [1.82, 2.24) is 29.7 Å². The monoisotopic (exact) mass is 759 g/mol. The molecule has 2 aromatic carbocycles. The SMILES string of the molecule is C(#Cc1ccc(CN2CCC(OCc3cnc[nH]3)CC2)s1)c1ccccc1.O=[N+]([O-])c1ccc(-c2ccc(CN3CCC(OCc4cnc[nH]4)CC3)o2)cc1. The molecule has 2 N–H and O–H groups in total. The van der Waals surface area contributed by atoms with E-state index in [0.29, 0.717) is 19.3 Å². The van der Waals surface area contributed by atoms with Gasteiger partial charge in [0.05, 0.1) is 78.2 Å². The molecule has 2 aliphatic rings. The van der Waals surface area contributed by atoms with Crippen molar-refractivity contribution in [3.63, 3.8) is 0 Å². The molecular formula is C42H45N7O5S. The molecule has 12 nitrogen and oxygen atoms in total. The highest BCUT2D eigenvalue weighted by atomic mass is 32.1. The number of thiophene rings is 1. The Balaban J connectivity index is 0.000000169. The van der Waals surface area contributed by atoms with Crippen molar-refractivity contribution in [2.45, 2.75) is 64.2 Å². The molecule has 0 aliphatic carbocycles. The second kappa shape index (κ2) is 19.3. The van der Waals surface area contributed by atoms with Crippen LogP contribution in [0.25, 0.3) is 11.3 Å². The molecule has 2 fully saturated rings. The molecule has 2 aliphatic heterocycles. The Hall–Kier alpha value is -5.36. The fourth-order valence-corrected chi connectivity index (χ4v) is 7.51. The van der Waals surface area contributed by atoms with E-state index in [1.807, 2.05) is 48.7 Å². The smallest absolute Gasteiger partial charge is 0.269 e. The summed E-state index contributed by atoms with van der Waals surface area (Å²) in [6.45, 7) is 7.03. The van der Waals surface area contributed by atoms with Crippen LogP contribution in [0.2, 0.25) is 0 Å². The van der Waals surface area contributed by atoms with Crippen molar-refractivity contribution in [1.29, 1.82) is 0 Å². The average Bonchev–Trinajstić information content (AvgIpc) is 4.07. The second-order valence-electron chi connectivity index (χ2n) is 13.7. The number of aromatic nitrogens is 4. The number of ether oxygens (including phenoxy) is 2. The minimum absolute atomic E-state index is 0.0770. The van der Waals surface area contributed by atoms with Crippen LogP contribution in [-0.4, -0.2) is 73.0 Å². The largest absolute Gasteiger partial charge is 0.460 e. The first kappa shape index (κ1) is 37.9. The lowest BCUT2D eigenvalue weighted by atomic mass is 10.1. The highest BCUT2D eigenvalue weighted by Crippen LogP contribution is 2.26. The number of nitro groups is 1. The van der Waals surface area contributed by atoms with E-state index in [1.54, 1.807) is 42.3 Å². The fourth-order valence-electron chi connectivity index (χ4n) is 6.60. The first-order chi connectivity index (χ1) is 27.0. The molecule has 0 unspecified atom stereocenters. The molecule has 4 aromatic heterocycles. The Morgan fingerprint density at radius 2 is 1.38 bits per heavy atom. The Bertz CT molecular complexity index is 2090. The van der Waals surface area contributed by atoms with Crippen molar-refractivity contribution in [2.24, 2.45) is 0 Å². The third kappa shape index (κ3) is 11.6. The normalized spacial score (nSPS) is 15.6. The number of nitro benzene ring substituents is 1. The van der Waals surface area contributed by atoms with Gasteiger partial charge < -0.3 is 23.9 Å². The summed E-state index contributed by atoms with van der Waals surface area (Å²) < 4.78 is 17.9. The number of furan rings is 1. The quantitative estimate of drug-likeness (QED) is 0.0727. The number of likely N-dealkylation sites (tertiary alicyclic amines) is 2. The van der Waals surface area contributed by atoms with Crippen molar-refractivity contribution >= 4 is 17.0 Å². The molecule has 8 rings (SSSR count). The molecule has 6 heterocycles. The highest BCUT2D eigenvalue weighted by molar-refractivity contribution is 7.12. The predicted octanol–water partition coefficient (Wildman–Crippen LogP) is 7.81. The van der Waals surface area contributed by atoms with Crippen LogP contribution in [0.1, 0.15) is 58.1 Å². The summed E-state index contributed by atoms with van der Waals surface area (Å²) in [7, 11) is 0. The van der Waals surface area contributed by atoms with E-state index in [0.717, 1.165) is 104 Å². The zero-order chi connectivity index (χ0) is 37.7. The van der Waals surface area contributed by atoms with Crippen molar-refractivity contribution in [3.05, 3.63) is 146 Å². The van der Waals surface area contributed by atoms with Gasteiger partial charge in [0.2, 0.25) is 0 Å². The first-order valence-corrected chi connectivity index (χ1v) is 19.5. The predicted molar refractivity (Wildman–Crippen MR) is 211 cm³/mol. The van der Waals surface area contributed by atoms with Gasteiger partial charge >= 0.3 is 0 Å². The minimum atomic E-state index is -0.403. The fraction of sp³-hybridized carbons (Fsp3) is 0.333. The maximum atomic E-state index is 10.8. The van der Waals surface area contributed by atoms with Crippen molar-refractivity contribution < 1.29 is 18.8 Å². The van der Waals surface area contributed by atoms with E-state index in [1.165, 1.54) is 17.0 Å². The number of aromatic amines is 2.